The van der Waals surface area contributed by atoms with Crippen molar-refractivity contribution in [1.29, 1.82) is 0 Å². The lowest BCUT2D eigenvalue weighted by Crippen LogP contribution is -2.63. The van der Waals surface area contributed by atoms with Crippen LogP contribution >= 0.6 is 0 Å². The standard InChI is InChI=1S/C34H36N6O5/c41-28(35-24-13-3-1-4-14-24)23-39-31(29(42)33(44)37-19-9-10-20-37)36-26-17-7-8-18-27(26)40(25-15-5-2-6-16-25)32(39)30(43)34(45)38-21-11-12-22-38/h1-8,13-18,31-32,36H,9-12,19-23H2,(H,35,41). The van der Waals surface area contributed by atoms with Crippen molar-refractivity contribution in [2.45, 2.75) is 38.0 Å². The van der Waals surface area contributed by atoms with Crippen molar-refractivity contribution in [3.8, 4) is 0 Å². The molecule has 45 heavy (non-hydrogen) atoms. The third-order valence-corrected chi connectivity index (χ3v) is 8.46. The van der Waals surface area contributed by atoms with E-state index in [0.29, 0.717) is 48.9 Å². The first-order valence-electron chi connectivity index (χ1n) is 15.4. The summed E-state index contributed by atoms with van der Waals surface area (Å²) in [6, 6.07) is 25.0. The van der Waals surface area contributed by atoms with E-state index in [9.17, 15) is 24.0 Å². The van der Waals surface area contributed by atoms with E-state index in [1.807, 2.05) is 24.3 Å². The number of ketones is 2. The molecule has 2 unspecified atom stereocenters. The maximum atomic E-state index is 14.5. The quantitative estimate of drug-likeness (QED) is 0.374. The van der Waals surface area contributed by atoms with Crippen molar-refractivity contribution < 1.29 is 24.0 Å². The van der Waals surface area contributed by atoms with Crippen molar-refractivity contribution >= 4 is 52.0 Å². The molecule has 2 atom stereocenters. The predicted octanol–water partition coefficient (Wildman–Crippen LogP) is 3.23. The molecule has 3 aromatic carbocycles. The lowest BCUT2D eigenvalue weighted by atomic mass is 10.1. The Morgan fingerprint density at radius 1 is 0.667 bits per heavy atom. The fourth-order valence-electron chi connectivity index (χ4n) is 6.26. The zero-order valence-corrected chi connectivity index (χ0v) is 24.9. The number of nitrogens with one attached hydrogen (secondary N) is 2. The normalized spacial score (nSPS) is 19.8. The molecule has 3 aliphatic rings. The van der Waals surface area contributed by atoms with Gasteiger partial charge in [-0.3, -0.25) is 24.0 Å². The SMILES string of the molecule is O=C(CN1C(C(=O)C(=O)N2CCCC2)Nc2ccccc2N(c2ccccc2)C1C(=O)C(=O)N1CCCC1)Nc1ccccc1. The summed E-state index contributed by atoms with van der Waals surface area (Å²) in [5.74, 6) is -3.50. The molecule has 232 valence electrons. The molecule has 0 aromatic heterocycles. The minimum atomic E-state index is -1.43. The smallest absolute Gasteiger partial charge is 0.293 e. The van der Waals surface area contributed by atoms with Crippen LogP contribution in [0, 0.1) is 0 Å². The molecule has 2 N–H and O–H groups in total. The second-order valence-electron chi connectivity index (χ2n) is 11.5. The van der Waals surface area contributed by atoms with Gasteiger partial charge in [0.05, 0.1) is 17.9 Å². The Hall–Kier alpha value is -5.03. The highest BCUT2D eigenvalue weighted by molar-refractivity contribution is 6.40. The number of benzene rings is 3. The Labute approximate surface area is 261 Å². The van der Waals surface area contributed by atoms with E-state index < -0.39 is 48.2 Å². The molecule has 0 saturated carbocycles. The molecule has 11 nitrogen and oxygen atoms in total. The van der Waals surface area contributed by atoms with Crippen molar-refractivity contribution in [2.24, 2.45) is 0 Å². The molecule has 3 amide bonds. The molecule has 0 radical (unpaired) electrons. The highest BCUT2D eigenvalue weighted by Crippen LogP contribution is 2.39. The molecule has 11 heteroatoms. The monoisotopic (exact) mass is 608 g/mol. The Bertz CT molecular complexity index is 1570. The first-order chi connectivity index (χ1) is 21.9. The number of rotatable bonds is 8. The van der Waals surface area contributed by atoms with E-state index in [1.54, 1.807) is 65.6 Å². The predicted molar refractivity (Wildman–Crippen MR) is 170 cm³/mol. The van der Waals surface area contributed by atoms with E-state index >= 15 is 0 Å². The molecular formula is C34H36N6O5. The Balaban J connectivity index is 1.49. The van der Waals surface area contributed by atoms with Gasteiger partial charge in [-0.15, -0.1) is 0 Å². The van der Waals surface area contributed by atoms with E-state index in [2.05, 4.69) is 10.6 Å². The Morgan fingerprint density at radius 2 is 1.20 bits per heavy atom. The second-order valence-corrected chi connectivity index (χ2v) is 11.5. The van der Waals surface area contributed by atoms with Gasteiger partial charge in [0.1, 0.15) is 0 Å². The summed E-state index contributed by atoms with van der Waals surface area (Å²) in [6.45, 7) is 1.33. The number of fused-ring (bicyclic) bond motifs is 1. The van der Waals surface area contributed by atoms with Crippen LogP contribution in [0.15, 0.2) is 84.9 Å². The van der Waals surface area contributed by atoms with Gasteiger partial charge in [-0.2, -0.15) is 0 Å². The van der Waals surface area contributed by atoms with Crippen LogP contribution in [0.2, 0.25) is 0 Å². The number of amides is 3. The average molecular weight is 609 g/mol. The van der Waals surface area contributed by atoms with Crippen LogP contribution < -0.4 is 15.5 Å². The summed E-state index contributed by atoms with van der Waals surface area (Å²) in [5.41, 5.74) is 2.10. The van der Waals surface area contributed by atoms with Crippen LogP contribution in [0.5, 0.6) is 0 Å². The van der Waals surface area contributed by atoms with Gasteiger partial charge < -0.3 is 25.3 Å². The molecule has 3 aliphatic heterocycles. The maximum Gasteiger partial charge on any atom is 0.293 e. The summed E-state index contributed by atoms with van der Waals surface area (Å²) in [4.78, 5) is 75.9. The van der Waals surface area contributed by atoms with Gasteiger partial charge in [-0.05, 0) is 62.1 Å². The zero-order valence-electron chi connectivity index (χ0n) is 24.9. The van der Waals surface area contributed by atoms with Gasteiger partial charge >= 0.3 is 0 Å². The fourth-order valence-corrected chi connectivity index (χ4v) is 6.26. The van der Waals surface area contributed by atoms with Crippen LogP contribution in [0.1, 0.15) is 25.7 Å². The molecule has 3 aromatic rings. The molecule has 3 heterocycles. The van der Waals surface area contributed by atoms with Crippen LogP contribution in [0.4, 0.5) is 22.7 Å². The van der Waals surface area contributed by atoms with Crippen molar-refractivity contribution in [3.63, 3.8) is 0 Å². The second kappa shape index (κ2) is 13.3. The number of likely N-dealkylation sites (tertiary alicyclic amines) is 2. The maximum absolute atomic E-state index is 14.5. The minimum Gasteiger partial charge on any atom is -0.361 e. The molecule has 6 rings (SSSR count). The van der Waals surface area contributed by atoms with Gasteiger partial charge in [0.15, 0.2) is 12.3 Å². The first-order valence-corrected chi connectivity index (χ1v) is 15.4. The van der Waals surface area contributed by atoms with Crippen LogP contribution in [-0.2, 0) is 24.0 Å². The Morgan fingerprint density at radius 3 is 1.82 bits per heavy atom. The van der Waals surface area contributed by atoms with Gasteiger partial charge in [0, 0.05) is 37.6 Å². The van der Waals surface area contributed by atoms with Crippen LogP contribution in [0.3, 0.4) is 0 Å². The van der Waals surface area contributed by atoms with Crippen molar-refractivity contribution in [1.82, 2.24) is 14.7 Å². The topological polar surface area (TPSA) is 122 Å². The van der Waals surface area contributed by atoms with Crippen LogP contribution in [0.25, 0.3) is 0 Å². The number of anilines is 4. The lowest BCUT2D eigenvalue weighted by Gasteiger charge is -2.40. The lowest BCUT2D eigenvalue weighted by molar-refractivity contribution is -0.150. The van der Waals surface area contributed by atoms with Gasteiger partial charge in [-0.25, -0.2) is 4.90 Å². The van der Waals surface area contributed by atoms with Crippen molar-refractivity contribution in [2.75, 3.05) is 48.3 Å². The molecule has 0 aliphatic carbocycles. The highest BCUT2D eigenvalue weighted by atomic mass is 16.2. The number of hydrogen-bond donors (Lipinski definition) is 2. The van der Waals surface area contributed by atoms with E-state index in [1.165, 1.54) is 14.7 Å². The third kappa shape index (κ3) is 6.30. The number of para-hydroxylation sites is 4. The van der Waals surface area contributed by atoms with E-state index in [4.69, 9.17) is 0 Å². The summed E-state index contributed by atoms with van der Waals surface area (Å²) in [5, 5.41) is 6.04. The first kappa shape index (κ1) is 30.0. The molecule has 2 saturated heterocycles. The largest absolute Gasteiger partial charge is 0.361 e. The minimum absolute atomic E-state index is 0.446. The molecule has 2 fully saturated rings. The molecule has 0 bridgehead atoms. The average Bonchev–Trinajstić information content (AvgIpc) is 3.79. The fraction of sp³-hybridized carbons (Fsp3) is 0.324. The number of hydrogen-bond acceptors (Lipinski definition) is 8. The van der Waals surface area contributed by atoms with E-state index in [-0.39, 0.29) is 0 Å². The Kier molecular flexibility index (Phi) is 8.88. The number of carbonyl (C=O) groups excluding carboxylic acids is 5. The summed E-state index contributed by atoms with van der Waals surface area (Å²) < 4.78 is 0. The van der Waals surface area contributed by atoms with Gasteiger partial charge in [0.25, 0.3) is 23.4 Å². The summed E-state index contributed by atoms with van der Waals surface area (Å²) >= 11 is 0. The van der Waals surface area contributed by atoms with Gasteiger partial charge in [0.2, 0.25) is 5.91 Å². The summed E-state index contributed by atoms with van der Waals surface area (Å²) in [7, 11) is 0. The number of carbonyl (C=O) groups is 5. The van der Waals surface area contributed by atoms with Crippen LogP contribution in [-0.4, -0.2) is 89.0 Å². The number of Topliss-reactive ketones (excluding diaryl/α,β-unsaturated/α-hetero) is 2. The van der Waals surface area contributed by atoms with Crippen molar-refractivity contribution in [3.05, 3.63) is 84.9 Å². The summed E-state index contributed by atoms with van der Waals surface area (Å²) in [6.07, 6.45) is 0.288. The number of nitrogens with zero attached hydrogens (tertiary/aromatic N) is 4. The van der Waals surface area contributed by atoms with Gasteiger partial charge in [-0.1, -0.05) is 48.5 Å². The third-order valence-electron chi connectivity index (χ3n) is 8.46. The van der Waals surface area contributed by atoms with E-state index in [0.717, 1.165) is 25.7 Å². The molecular weight excluding hydrogens is 572 g/mol. The molecule has 0 spiro atoms. The zero-order chi connectivity index (χ0) is 31.3. The highest BCUT2D eigenvalue weighted by Gasteiger charge is 2.48.